The number of aliphatic hydroxyl groups is 1. The molecule has 2 heterocycles. The molecule has 0 radical (unpaired) electrons. The Bertz CT molecular complexity index is 1280. The molecule has 9 heteroatoms. The monoisotopic (exact) mass is 501 g/mol. The van der Waals surface area contributed by atoms with Crippen molar-refractivity contribution in [1.29, 1.82) is 0 Å². The molecule has 196 valence electrons. The fourth-order valence-corrected chi connectivity index (χ4v) is 5.06. The highest BCUT2D eigenvalue weighted by Gasteiger charge is 2.30. The quantitative estimate of drug-likeness (QED) is 0.447. The Kier molecular flexibility index (Phi) is 6.57. The van der Waals surface area contributed by atoms with Gasteiger partial charge in [0.15, 0.2) is 0 Å². The number of fused-ring (bicyclic) bond motifs is 1. The van der Waals surface area contributed by atoms with Crippen LogP contribution < -0.4 is 5.32 Å². The number of rotatable bonds is 7. The summed E-state index contributed by atoms with van der Waals surface area (Å²) >= 11 is 0. The molecular formula is C27H38N4O5. The topological polar surface area (TPSA) is 112 Å². The zero-order chi connectivity index (χ0) is 28.5. The normalized spacial score (nSPS) is 21.0. The number of alkyl carbamates (subject to hydrolysis) is 1. The van der Waals surface area contributed by atoms with E-state index in [0.29, 0.717) is 37.3 Å². The van der Waals surface area contributed by atoms with Crippen molar-refractivity contribution < 1.29 is 28.0 Å². The lowest BCUT2D eigenvalue weighted by Crippen LogP contribution is -2.37. The fourth-order valence-electron chi connectivity index (χ4n) is 5.06. The zero-order valence-electron chi connectivity index (χ0n) is 24.6. The van der Waals surface area contributed by atoms with Crippen LogP contribution in [0.5, 0.6) is 0 Å². The lowest BCUT2D eigenvalue weighted by molar-refractivity contribution is 0.0487. The van der Waals surface area contributed by atoms with Crippen LogP contribution in [0.25, 0.3) is 22.2 Å². The molecule has 3 aromatic rings. The second kappa shape index (κ2) is 10.6. The molecule has 2 N–H and O–H groups in total. The highest BCUT2D eigenvalue weighted by Crippen LogP contribution is 2.37. The van der Waals surface area contributed by atoms with Gasteiger partial charge in [-0.2, -0.15) is 0 Å². The molecule has 0 unspecified atom stereocenters. The average molecular weight is 502 g/mol. The molecule has 1 aliphatic carbocycles. The van der Waals surface area contributed by atoms with E-state index in [9.17, 15) is 9.90 Å². The molecule has 1 saturated carbocycles. The van der Waals surface area contributed by atoms with Crippen LogP contribution in [0.1, 0.15) is 86.3 Å². The fraction of sp³-hybridized carbons (Fsp3) is 0.593. The first-order valence-electron chi connectivity index (χ1n) is 14.0. The van der Waals surface area contributed by atoms with Crippen molar-refractivity contribution in [1.82, 2.24) is 20.0 Å². The second-order valence-electron chi connectivity index (χ2n) is 10.5. The van der Waals surface area contributed by atoms with E-state index < -0.39 is 24.8 Å². The molecule has 36 heavy (non-hydrogen) atoms. The summed E-state index contributed by atoms with van der Waals surface area (Å²) in [5, 5.41) is 16.9. The third-order valence-corrected chi connectivity index (χ3v) is 6.63. The molecule has 9 nitrogen and oxygen atoms in total. The molecule has 1 amide bonds. The Hall–Kier alpha value is -2.91. The van der Waals surface area contributed by atoms with Gasteiger partial charge < -0.3 is 29.0 Å². The van der Waals surface area contributed by atoms with Crippen LogP contribution in [0.2, 0.25) is 0 Å². The van der Waals surface area contributed by atoms with Gasteiger partial charge >= 0.3 is 6.09 Å². The molecule has 4 rings (SSSR count). The number of methoxy groups -OCH3 is 1. The van der Waals surface area contributed by atoms with Gasteiger partial charge in [0, 0.05) is 25.3 Å². The van der Waals surface area contributed by atoms with E-state index in [1.54, 1.807) is 20.8 Å². The number of imidazole rings is 1. The van der Waals surface area contributed by atoms with Gasteiger partial charge in [-0.25, -0.2) is 9.78 Å². The number of ether oxygens (including phenoxy) is 2. The van der Waals surface area contributed by atoms with Gasteiger partial charge in [0.1, 0.15) is 17.2 Å². The molecule has 0 saturated heterocycles. The van der Waals surface area contributed by atoms with Gasteiger partial charge in [-0.1, -0.05) is 11.2 Å². The number of carbonyl (C=O) groups excluding carboxylic acids is 1. The number of nitrogens with zero attached hydrogens (tertiary/aromatic N) is 3. The van der Waals surface area contributed by atoms with Crippen LogP contribution >= 0.6 is 0 Å². The maximum Gasteiger partial charge on any atom is 0.408 e. The smallest absolute Gasteiger partial charge is 0.408 e. The number of aromatic nitrogens is 3. The minimum Gasteiger partial charge on any atom is -0.444 e. The van der Waals surface area contributed by atoms with E-state index >= 15 is 0 Å². The van der Waals surface area contributed by atoms with Crippen molar-refractivity contribution in [3.05, 3.63) is 35.5 Å². The van der Waals surface area contributed by atoms with Crippen molar-refractivity contribution in [2.45, 2.75) is 90.5 Å². The molecule has 0 spiro atoms. The summed E-state index contributed by atoms with van der Waals surface area (Å²) in [4.78, 5) is 17.7. The highest BCUT2D eigenvalue weighted by molar-refractivity contribution is 5.84. The summed E-state index contributed by atoms with van der Waals surface area (Å²) in [6, 6.07) is 5.39. The predicted molar refractivity (Wildman–Crippen MR) is 137 cm³/mol. The van der Waals surface area contributed by atoms with E-state index in [0.717, 1.165) is 27.9 Å². The summed E-state index contributed by atoms with van der Waals surface area (Å²) in [5.74, 6) is 1.32. The highest BCUT2D eigenvalue weighted by atomic mass is 16.6. The molecule has 1 fully saturated rings. The standard InChI is InChI=1S/C27H38N4O5/c1-16-24(17(2)36-30-16)18-7-12-23-22(15-18)28-25(31(23)19-8-10-20(34-6)11-9-19)21(13-14-32)29-26(33)35-27(3,4)5/h7,12,15,19-21,32H,8-11,13-14H2,1-6H3,(H,29,33)/t19?,20?,21-/m0/s1/i6D3. The summed E-state index contributed by atoms with van der Waals surface area (Å²) in [6.07, 6.45) is 1.85. The lowest BCUT2D eigenvalue weighted by Gasteiger charge is -2.31. The minimum atomic E-state index is -2.43. The third-order valence-electron chi connectivity index (χ3n) is 6.63. The number of benzene rings is 1. The van der Waals surface area contributed by atoms with Crippen LogP contribution in [-0.4, -0.2) is 51.3 Å². The Balaban J connectivity index is 1.74. The molecule has 1 atom stereocenters. The molecular weight excluding hydrogens is 460 g/mol. The predicted octanol–water partition coefficient (Wildman–Crippen LogP) is 5.39. The van der Waals surface area contributed by atoms with Gasteiger partial charge in [0.25, 0.3) is 0 Å². The van der Waals surface area contributed by atoms with Crippen LogP contribution in [0, 0.1) is 13.8 Å². The number of aliphatic hydroxyl groups excluding tert-OH is 1. The van der Waals surface area contributed by atoms with Gasteiger partial charge in [-0.3, -0.25) is 0 Å². The SMILES string of the molecule is [2H]C([2H])([2H])OC1CCC(n2c([C@H](CCO)NC(=O)OC(C)(C)C)nc3cc(-c4c(C)noc4C)ccc32)CC1. The second-order valence-corrected chi connectivity index (χ2v) is 10.5. The maximum atomic E-state index is 12.7. The van der Waals surface area contributed by atoms with Crippen LogP contribution in [0.15, 0.2) is 22.7 Å². The Morgan fingerprint density at radius 2 is 2.06 bits per heavy atom. The van der Waals surface area contributed by atoms with E-state index in [2.05, 4.69) is 15.0 Å². The molecule has 1 aromatic carbocycles. The maximum absolute atomic E-state index is 12.7. The largest absolute Gasteiger partial charge is 0.444 e. The Morgan fingerprint density at radius 3 is 2.67 bits per heavy atom. The van der Waals surface area contributed by atoms with Gasteiger partial charge in [0.2, 0.25) is 0 Å². The first-order valence-corrected chi connectivity index (χ1v) is 12.5. The van der Waals surface area contributed by atoms with Gasteiger partial charge in [0.05, 0.1) is 33.0 Å². The van der Waals surface area contributed by atoms with E-state index in [4.69, 9.17) is 23.1 Å². The number of nitrogens with one attached hydrogen (secondary N) is 1. The Labute approximate surface area is 216 Å². The number of hydrogen-bond acceptors (Lipinski definition) is 7. The molecule has 2 aromatic heterocycles. The van der Waals surface area contributed by atoms with E-state index in [-0.39, 0.29) is 25.2 Å². The number of amides is 1. The molecule has 0 aliphatic heterocycles. The minimum absolute atomic E-state index is 0.00740. The third kappa shape index (κ3) is 5.57. The van der Waals surface area contributed by atoms with Crippen molar-refractivity contribution >= 4 is 17.1 Å². The van der Waals surface area contributed by atoms with E-state index in [1.807, 2.05) is 32.0 Å². The number of aryl methyl sites for hydroxylation is 2. The van der Waals surface area contributed by atoms with Crippen molar-refractivity contribution in [2.24, 2.45) is 0 Å². The van der Waals surface area contributed by atoms with Crippen molar-refractivity contribution in [3.63, 3.8) is 0 Å². The van der Waals surface area contributed by atoms with Crippen LogP contribution in [0.4, 0.5) is 4.79 Å². The zero-order valence-corrected chi connectivity index (χ0v) is 21.6. The van der Waals surface area contributed by atoms with Crippen molar-refractivity contribution in [3.8, 4) is 11.1 Å². The summed E-state index contributed by atoms with van der Waals surface area (Å²) in [7, 11) is -2.43. The summed E-state index contributed by atoms with van der Waals surface area (Å²) in [5.41, 5.74) is 3.55. The lowest BCUT2D eigenvalue weighted by atomic mass is 9.92. The number of carbonyl (C=O) groups is 1. The average Bonchev–Trinajstić information content (AvgIpc) is 3.36. The summed E-state index contributed by atoms with van der Waals surface area (Å²) in [6.45, 7) is 8.97. The molecule has 1 aliphatic rings. The molecule has 0 bridgehead atoms. The van der Waals surface area contributed by atoms with Crippen molar-refractivity contribution in [2.75, 3.05) is 13.6 Å². The Morgan fingerprint density at radius 1 is 1.31 bits per heavy atom. The van der Waals surface area contributed by atoms with E-state index in [1.165, 1.54) is 0 Å². The first kappa shape index (κ1) is 22.3. The summed E-state index contributed by atoms with van der Waals surface area (Å²) < 4.78 is 40.6. The van der Waals surface area contributed by atoms with Crippen LogP contribution in [-0.2, 0) is 9.47 Å². The van der Waals surface area contributed by atoms with Crippen LogP contribution in [0.3, 0.4) is 0 Å². The first-order chi connectivity index (χ1) is 18.3. The van der Waals surface area contributed by atoms with Gasteiger partial charge in [-0.05, 0) is 84.4 Å². The van der Waals surface area contributed by atoms with Gasteiger partial charge in [-0.15, -0.1) is 0 Å². The number of hydrogen-bond donors (Lipinski definition) is 2.